The molecule has 2 fully saturated rings. The van der Waals surface area contributed by atoms with Crippen LogP contribution < -0.4 is 15.2 Å². The van der Waals surface area contributed by atoms with Gasteiger partial charge < -0.3 is 25.2 Å². The zero-order chi connectivity index (χ0) is 22.0. The molecular formula is C24H30ClFN2O4. The topological polar surface area (TPSA) is 85.0 Å². The van der Waals surface area contributed by atoms with Crippen molar-refractivity contribution in [3.05, 3.63) is 59.4 Å². The minimum atomic E-state index is -0.614. The van der Waals surface area contributed by atoms with Crippen LogP contribution in [0, 0.1) is 24.6 Å². The minimum absolute atomic E-state index is 0. The van der Waals surface area contributed by atoms with Gasteiger partial charge in [-0.2, -0.15) is 0 Å². The number of aliphatic hydroxyl groups excluding tert-OH is 1. The highest BCUT2D eigenvalue weighted by Crippen LogP contribution is 2.38. The number of carbonyl (C=O) groups excluding carboxylic acids is 1. The van der Waals surface area contributed by atoms with E-state index in [-0.39, 0.29) is 42.1 Å². The zero-order valence-electron chi connectivity index (χ0n) is 18.1. The Hall–Kier alpha value is -2.35. The molecule has 1 saturated carbocycles. The second-order valence-electron chi connectivity index (χ2n) is 8.50. The maximum atomic E-state index is 13.1. The number of hydrogen-bond acceptors (Lipinski definition) is 5. The van der Waals surface area contributed by atoms with E-state index in [4.69, 9.17) is 15.2 Å². The number of rotatable bonds is 6. The zero-order valence-corrected chi connectivity index (χ0v) is 18.9. The van der Waals surface area contributed by atoms with E-state index in [0.29, 0.717) is 56.1 Å². The summed E-state index contributed by atoms with van der Waals surface area (Å²) in [5.74, 6) is 1.36. The highest BCUT2D eigenvalue weighted by atomic mass is 35.5. The first-order valence-electron chi connectivity index (χ1n) is 10.8. The Morgan fingerprint density at radius 2 is 1.84 bits per heavy atom. The summed E-state index contributed by atoms with van der Waals surface area (Å²) in [4.78, 5) is 15.0. The van der Waals surface area contributed by atoms with Crippen molar-refractivity contribution in [2.24, 2.45) is 17.6 Å². The van der Waals surface area contributed by atoms with Crippen molar-refractivity contribution in [3.8, 4) is 11.5 Å². The number of nitrogens with two attached hydrogens (primary N) is 1. The van der Waals surface area contributed by atoms with Crippen molar-refractivity contribution in [2.45, 2.75) is 32.0 Å². The molecule has 0 bridgehead atoms. The van der Waals surface area contributed by atoms with Crippen LogP contribution >= 0.6 is 12.4 Å². The molecule has 2 aliphatic rings. The van der Waals surface area contributed by atoms with E-state index in [1.165, 1.54) is 12.1 Å². The molecule has 8 heteroatoms. The summed E-state index contributed by atoms with van der Waals surface area (Å²) < 4.78 is 24.7. The molecule has 1 amide bonds. The number of carbonyl (C=O) groups is 1. The van der Waals surface area contributed by atoms with Gasteiger partial charge in [0.05, 0.1) is 6.10 Å². The van der Waals surface area contributed by atoms with Crippen LogP contribution in [0.15, 0.2) is 42.5 Å². The second-order valence-corrected chi connectivity index (χ2v) is 8.50. The van der Waals surface area contributed by atoms with Gasteiger partial charge in [0.2, 0.25) is 0 Å². The Kier molecular flexibility index (Phi) is 7.98. The van der Waals surface area contributed by atoms with Crippen molar-refractivity contribution < 1.29 is 23.8 Å². The Balaban J connectivity index is 0.00000289. The third-order valence-electron chi connectivity index (χ3n) is 6.28. The van der Waals surface area contributed by atoms with Gasteiger partial charge in [-0.3, -0.25) is 4.79 Å². The fourth-order valence-corrected chi connectivity index (χ4v) is 4.61. The first-order valence-corrected chi connectivity index (χ1v) is 10.8. The Morgan fingerprint density at radius 1 is 1.16 bits per heavy atom. The van der Waals surface area contributed by atoms with Gasteiger partial charge in [0.1, 0.15) is 30.0 Å². The van der Waals surface area contributed by atoms with Gasteiger partial charge in [-0.05, 0) is 73.6 Å². The van der Waals surface area contributed by atoms with Gasteiger partial charge >= 0.3 is 0 Å². The molecule has 1 aliphatic heterocycles. The largest absolute Gasteiger partial charge is 0.492 e. The number of aryl methyl sites for hydroxylation is 1. The Labute approximate surface area is 193 Å². The van der Waals surface area contributed by atoms with E-state index in [0.717, 1.165) is 5.56 Å². The molecule has 4 atom stereocenters. The highest BCUT2D eigenvalue weighted by molar-refractivity contribution is 5.95. The molecule has 1 aliphatic carbocycles. The molecule has 3 N–H and O–H groups in total. The molecular weight excluding hydrogens is 435 g/mol. The van der Waals surface area contributed by atoms with E-state index in [1.54, 1.807) is 18.2 Å². The average molecular weight is 465 g/mol. The molecule has 32 heavy (non-hydrogen) atoms. The van der Waals surface area contributed by atoms with E-state index in [1.807, 2.05) is 24.0 Å². The van der Waals surface area contributed by atoms with E-state index < -0.39 is 6.10 Å². The fraction of sp³-hybridized carbons (Fsp3) is 0.458. The molecule has 0 aromatic heterocycles. The predicted octanol–water partition coefficient (Wildman–Crippen LogP) is 3.18. The normalized spacial score (nSPS) is 24.4. The highest BCUT2D eigenvalue weighted by Gasteiger charge is 2.44. The molecule has 2 aromatic carbocycles. The van der Waals surface area contributed by atoms with Gasteiger partial charge in [0, 0.05) is 25.2 Å². The quantitative estimate of drug-likeness (QED) is 0.685. The van der Waals surface area contributed by atoms with Crippen molar-refractivity contribution in [1.82, 2.24) is 4.90 Å². The predicted molar refractivity (Wildman–Crippen MR) is 122 cm³/mol. The van der Waals surface area contributed by atoms with E-state index in [9.17, 15) is 14.3 Å². The summed E-state index contributed by atoms with van der Waals surface area (Å²) in [5, 5.41) is 10.6. The first kappa shape index (κ1) is 24.3. The summed E-state index contributed by atoms with van der Waals surface area (Å²) in [6.45, 7) is 4.01. The lowest BCUT2D eigenvalue weighted by atomic mass is 9.78. The van der Waals surface area contributed by atoms with E-state index >= 15 is 0 Å². The summed E-state index contributed by atoms with van der Waals surface area (Å²) in [6.07, 6.45) is 0.263. The molecule has 4 rings (SSSR count). The maximum Gasteiger partial charge on any atom is 0.254 e. The number of halogens is 2. The molecule has 0 spiro atoms. The summed E-state index contributed by atoms with van der Waals surface area (Å²) in [7, 11) is 0. The van der Waals surface area contributed by atoms with Crippen LogP contribution in [0.3, 0.4) is 0 Å². The van der Waals surface area contributed by atoms with Gasteiger partial charge in [-0.1, -0.05) is 6.07 Å². The van der Waals surface area contributed by atoms with Gasteiger partial charge in [0.15, 0.2) is 0 Å². The Morgan fingerprint density at radius 3 is 2.53 bits per heavy atom. The lowest BCUT2D eigenvalue weighted by Crippen LogP contribution is -2.42. The number of nitrogens with zero attached hydrogens (tertiary/aromatic N) is 1. The number of likely N-dealkylation sites (tertiary alicyclic amines) is 1. The Bertz CT molecular complexity index is 927. The summed E-state index contributed by atoms with van der Waals surface area (Å²) in [6, 6.07) is 11.3. The van der Waals surface area contributed by atoms with Gasteiger partial charge in [-0.15, -0.1) is 12.4 Å². The SMILES string of the molecule is Cc1ccc(C(=O)N2C[C@H]3C[C@@H](Oc4ccc(F)cc4)[C@H](O)C[C@H]3C2)cc1OCCN.Cl. The van der Waals surface area contributed by atoms with Crippen LogP contribution in [0.1, 0.15) is 28.8 Å². The smallest absolute Gasteiger partial charge is 0.254 e. The fourth-order valence-electron chi connectivity index (χ4n) is 4.61. The number of benzene rings is 2. The van der Waals surface area contributed by atoms with Gasteiger partial charge in [-0.25, -0.2) is 4.39 Å². The number of hydrogen-bond donors (Lipinski definition) is 2. The number of ether oxygens (including phenoxy) is 2. The maximum absolute atomic E-state index is 13.1. The van der Waals surface area contributed by atoms with Crippen LogP contribution in [0.5, 0.6) is 11.5 Å². The summed E-state index contributed by atoms with van der Waals surface area (Å²) in [5.41, 5.74) is 7.08. The minimum Gasteiger partial charge on any atom is -0.492 e. The number of fused-ring (bicyclic) bond motifs is 1. The van der Waals surface area contributed by atoms with Crippen molar-refractivity contribution >= 4 is 18.3 Å². The van der Waals surface area contributed by atoms with Crippen LogP contribution in [0.25, 0.3) is 0 Å². The van der Waals surface area contributed by atoms with Crippen LogP contribution in [-0.2, 0) is 0 Å². The molecule has 6 nitrogen and oxygen atoms in total. The molecule has 0 unspecified atom stereocenters. The van der Waals surface area contributed by atoms with Crippen LogP contribution in [0.2, 0.25) is 0 Å². The molecule has 174 valence electrons. The van der Waals surface area contributed by atoms with Crippen LogP contribution in [-0.4, -0.2) is 54.4 Å². The van der Waals surface area contributed by atoms with Crippen molar-refractivity contribution in [3.63, 3.8) is 0 Å². The van der Waals surface area contributed by atoms with Gasteiger partial charge in [0.25, 0.3) is 5.91 Å². The van der Waals surface area contributed by atoms with Crippen molar-refractivity contribution in [1.29, 1.82) is 0 Å². The second kappa shape index (κ2) is 10.5. The molecule has 1 saturated heterocycles. The monoisotopic (exact) mass is 464 g/mol. The lowest BCUT2D eigenvalue weighted by molar-refractivity contribution is -0.0231. The summed E-state index contributed by atoms with van der Waals surface area (Å²) >= 11 is 0. The molecule has 1 heterocycles. The standard InChI is InChI=1S/C24H29FN2O4.ClH/c1-15-2-3-16(11-22(15)30-9-8-26)24(29)27-13-17-10-21(28)23(12-18(17)14-27)31-20-6-4-19(25)5-7-20;/h2-7,11,17-18,21,23,28H,8-10,12-14,26H2,1H3;1H/t17-,18+,21+,23+;/m0./s1. The lowest BCUT2D eigenvalue weighted by Gasteiger charge is -2.35. The molecule has 0 radical (unpaired) electrons. The first-order chi connectivity index (χ1) is 14.9. The third kappa shape index (κ3) is 5.34. The van der Waals surface area contributed by atoms with E-state index in [2.05, 4.69) is 0 Å². The van der Waals surface area contributed by atoms with Crippen LogP contribution in [0.4, 0.5) is 4.39 Å². The number of amides is 1. The third-order valence-corrected chi connectivity index (χ3v) is 6.28. The van der Waals surface area contributed by atoms with Crippen molar-refractivity contribution in [2.75, 3.05) is 26.2 Å². The molecule has 2 aromatic rings. The number of aliphatic hydroxyl groups is 1. The average Bonchev–Trinajstić information content (AvgIpc) is 3.17.